The molecule has 0 aromatic heterocycles. The number of ether oxygens (including phenoxy) is 1. The minimum absolute atomic E-state index is 0.0223. The van der Waals surface area contributed by atoms with Gasteiger partial charge in [-0.3, -0.25) is 4.79 Å². The number of hydrogen-bond acceptors (Lipinski definition) is 4. The summed E-state index contributed by atoms with van der Waals surface area (Å²) in [6.45, 7) is 1.38. The zero-order chi connectivity index (χ0) is 13.9. The Labute approximate surface area is 118 Å². The Morgan fingerprint density at radius 1 is 1.35 bits per heavy atom. The summed E-state index contributed by atoms with van der Waals surface area (Å²) in [4.78, 5) is 12.2. The quantitative estimate of drug-likeness (QED) is 0.745. The second kappa shape index (κ2) is 5.81. The van der Waals surface area contributed by atoms with E-state index >= 15 is 0 Å². The van der Waals surface area contributed by atoms with Gasteiger partial charge < -0.3 is 20.5 Å². The van der Waals surface area contributed by atoms with Crippen molar-refractivity contribution in [2.24, 2.45) is 0 Å². The monoisotopic (exact) mass is 276 g/mol. The Balaban J connectivity index is 1.72. The standard InChI is InChI=1S/C15H20N2O3/c18-14-10-4-1-2-6-13(10)20-9-7-11(14)17-15(19)12-5-3-8-16-12/h1-2,4,6,11-12,14,16,18H,3,5,7-9H2,(H,17,19). The molecule has 1 fully saturated rings. The highest BCUT2D eigenvalue weighted by molar-refractivity contribution is 5.82. The highest BCUT2D eigenvalue weighted by Gasteiger charge is 2.30. The first-order chi connectivity index (χ1) is 9.75. The van der Waals surface area contributed by atoms with E-state index in [4.69, 9.17) is 4.74 Å². The molecule has 3 atom stereocenters. The largest absolute Gasteiger partial charge is 0.493 e. The number of para-hydroxylation sites is 1. The molecule has 0 saturated carbocycles. The molecule has 0 spiro atoms. The van der Waals surface area contributed by atoms with Crippen molar-refractivity contribution in [3.05, 3.63) is 29.8 Å². The first kappa shape index (κ1) is 13.4. The molecule has 0 radical (unpaired) electrons. The molecule has 2 aliphatic heterocycles. The fourth-order valence-corrected chi connectivity index (χ4v) is 2.87. The van der Waals surface area contributed by atoms with Crippen molar-refractivity contribution < 1.29 is 14.6 Å². The van der Waals surface area contributed by atoms with E-state index in [-0.39, 0.29) is 18.0 Å². The summed E-state index contributed by atoms with van der Waals surface area (Å²) >= 11 is 0. The van der Waals surface area contributed by atoms with E-state index in [1.165, 1.54) is 0 Å². The summed E-state index contributed by atoms with van der Waals surface area (Å²) in [6.07, 6.45) is 1.77. The van der Waals surface area contributed by atoms with Crippen molar-refractivity contribution in [3.63, 3.8) is 0 Å². The van der Waals surface area contributed by atoms with Crippen LogP contribution in [0.2, 0.25) is 0 Å². The molecule has 2 aliphatic rings. The van der Waals surface area contributed by atoms with Crippen LogP contribution < -0.4 is 15.4 Å². The lowest BCUT2D eigenvalue weighted by atomic mass is 10.00. The lowest BCUT2D eigenvalue weighted by molar-refractivity contribution is -0.124. The Kier molecular flexibility index (Phi) is 3.89. The Hall–Kier alpha value is -1.59. The van der Waals surface area contributed by atoms with Gasteiger partial charge in [-0.25, -0.2) is 0 Å². The predicted molar refractivity (Wildman–Crippen MR) is 74.5 cm³/mol. The number of fused-ring (bicyclic) bond motifs is 1. The fraction of sp³-hybridized carbons (Fsp3) is 0.533. The minimum Gasteiger partial charge on any atom is -0.493 e. The van der Waals surface area contributed by atoms with Crippen LogP contribution in [0.5, 0.6) is 5.75 Å². The number of rotatable bonds is 2. The van der Waals surface area contributed by atoms with Crippen LogP contribution in [0.25, 0.3) is 0 Å². The van der Waals surface area contributed by atoms with E-state index in [0.717, 1.165) is 24.9 Å². The summed E-state index contributed by atoms with van der Waals surface area (Å²) in [7, 11) is 0. The first-order valence-electron chi connectivity index (χ1n) is 7.19. The van der Waals surface area contributed by atoms with Gasteiger partial charge >= 0.3 is 0 Å². The maximum atomic E-state index is 12.2. The summed E-state index contributed by atoms with van der Waals surface area (Å²) in [5.41, 5.74) is 0.745. The number of amides is 1. The lowest BCUT2D eigenvalue weighted by Gasteiger charge is -2.23. The summed E-state index contributed by atoms with van der Waals surface area (Å²) in [5.74, 6) is 0.682. The third-order valence-electron chi connectivity index (χ3n) is 4.01. The molecule has 20 heavy (non-hydrogen) atoms. The SMILES string of the molecule is O=C(NC1CCOc2ccccc2C1O)C1CCCN1. The van der Waals surface area contributed by atoms with Crippen LogP contribution >= 0.6 is 0 Å². The fourth-order valence-electron chi connectivity index (χ4n) is 2.87. The third kappa shape index (κ3) is 2.64. The Bertz CT molecular complexity index is 486. The van der Waals surface area contributed by atoms with Crippen LogP contribution in [0.4, 0.5) is 0 Å². The van der Waals surface area contributed by atoms with Crippen molar-refractivity contribution in [1.82, 2.24) is 10.6 Å². The molecule has 3 N–H and O–H groups in total. The number of carbonyl (C=O) groups is 1. The van der Waals surface area contributed by atoms with Crippen molar-refractivity contribution in [2.45, 2.75) is 37.5 Å². The first-order valence-corrected chi connectivity index (χ1v) is 7.19. The van der Waals surface area contributed by atoms with Gasteiger partial charge in [0.15, 0.2) is 0 Å². The van der Waals surface area contributed by atoms with Gasteiger partial charge in [0.25, 0.3) is 0 Å². The van der Waals surface area contributed by atoms with E-state index in [9.17, 15) is 9.90 Å². The second-order valence-corrected chi connectivity index (χ2v) is 5.38. The second-order valence-electron chi connectivity index (χ2n) is 5.38. The van der Waals surface area contributed by atoms with Gasteiger partial charge in [-0.05, 0) is 25.5 Å². The number of benzene rings is 1. The van der Waals surface area contributed by atoms with Gasteiger partial charge in [0, 0.05) is 12.0 Å². The van der Waals surface area contributed by atoms with Crippen molar-refractivity contribution in [2.75, 3.05) is 13.2 Å². The molecule has 0 aliphatic carbocycles. The zero-order valence-corrected chi connectivity index (χ0v) is 11.3. The Morgan fingerprint density at radius 3 is 3.00 bits per heavy atom. The van der Waals surface area contributed by atoms with Crippen LogP contribution in [0.3, 0.4) is 0 Å². The predicted octanol–water partition coefficient (Wildman–Crippen LogP) is 0.739. The summed E-state index contributed by atoms with van der Waals surface area (Å²) < 4.78 is 5.63. The summed E-state index contributed by atoms with van der Waals surface area (Å²) in [6, 6.07) is 7.02. The van der Waals surface area contributed by atoms with Gasteiger partial charge in [-0.15, -0.1) is 0 Å². The zero-order valence-electron chi connectivity index (χ0n) is 11.3. The number of aliphatic hydroxyl groups is 1. The number of aliphatic hydroxyl groups excluding tert-OH is 1. The van der Waals surface area contributed by atoms with E-state index in [1.807, 2.05) is 24.3 Å². The normalized spacial score (nSPS) is 29.1. The molecule has 1 amide bonds. The van der Waals surface area contributed by atoms with Crippen LogP contribution in [-0.2, 0) is 4.79 Å². The average Bonchev–Trinajstić information content (AvgIpc) is 2.95. The maximum Gasteiger partial charge on any atom is 0.237 e. The van der Waals surface area contributed by atoms with E-state index in [0.29, 0.717) is 18.8 Å². The van der Waals surface area contributed by atoms with Crippen molar-refractivity contribution in [3.8, 4) is 5.75 Å². The van der Waals surface area contributed by atoms with Gasteiger partial charge in [-0.2, -0.15) is 0 Å². The number of hydrogen-bond donors (Lipinski definition) is 3. The topological polar surface area (TPSA) is 70.6 Å². The van der Waals surface area contributed by atoms with Crippen molar-refractivity contribution >= 4 is 5.91 Å². The van der Waals surface area contributed by atoms with Gasteiger partial charge in [0.05, 0.1) is 18.7 Å². The van der Waals surface area contributed by atoms with Gasteiger partial charge in [-0.1, -0.05) is 18.2 Å². The average molecular weight is 276 g/mol. The van der Waals surface area contributed by atoms with Crippen molar-refractivity contribution in [1.29, 1.82) is 0 Å². The lowest BCUT2D eigenvalue weighted by Crippen LogP contribution is -2.47. The molecular weight excluding hydrogens is 256 g/mol. The maximum absolute atomic E-state index is 12.2. The minimum atomic E-state index is -0.723. The van der Waals surface area contributed by atoms with Crippen LogP contribution in [0.15, 0.2) is 24.3 Å². The number of carbonyl (C=O) groups excluding carboxylic acids is 1. The molecular formula is C15H20N2O3. The molecule has 108 valence electrons. The molecule has 5 nitrogen and oxygen atoms in total. The van der Waals surface area contributed by atoms with Gasteiger partial charge in [0.1, 0.15) is 11.9 Å². The Morgan fingerprint density at radius 2 is 2.20 bits per heavy atom. The molecule has 1 aromatic carbocycles. The molecule has 0 bridgehead atoms. The molecule has 1 aromatic rings. The van der Waals surface area contributed by atoms with Crippen LogP contribution in [0, 0.1) is 0 Å². The third-order valence-corrected chi connectivity index (χ3v) is 4.01. The van der Waals surface area contributed by atoms with Crippen LogP contribution in [-0.4, -0.2) is 36.2 Å². The molecule has 3 rings (SSSR count). The summed E-state index contributed by atoms with van der Waals surface area (Å²) in [5, 5.41) is 16.6. The molecule has 1 saturated heterocycles. The highest BCUT2D eigenvalue weighted by Crippen LogP contribution is 2.31. The highest BCUT2D eigenvalue weighted by atomic mass is 16.5. The van der Waals surface area contributed by atoms with Crippen LogP contribution in [0.1, 0.15) is 30.9 Å². The van der Waals surface area contributed by atoms with Gasteiger partial charge in [0.2, 0.25) is 5.91 Å². The number of nitrogens with one attached hydrogen (secondary N) is 2. The van der Waals surface area contributed by atoms with E-state index < -0.39 is 6.10 Å². The smallest absolute Gasteiger partial charge is 0.237 e. The van der Waals surface area contributed by atoms with E-state index in [2.05, 4.69) is 10.6 Å². The molecule has 3 unspecified atom stereocenters. The molecule has 2 heterocycles. The molecule has 5 heteroatoms. The van der Waals surface area contributed by atoms with E-state index in [1.54, 1.807) is 0 Å².